The lowest BCUT2D eigenvalue weighted by atomic mass is 10.2. The number of nitrogens with zero attached hydrogens (tertiary/aromatic N) is 2. The summed E-state index contributed by atoms with van der Waals surface area (Å²) in [6, 6.07) is 4.74. The van der Waals surface area contributed by atoms with E-state index in [-0.39, 0.29) is 22.0 Å². The average molecular weight is 370 g/mol. The SMILES string of the molecule is Cc1cc([N+](=O)[O-])cn(C(C)C(=O)Nc2cc(Cl)ccc2Cl)c1=O. The van der Waals surface area contributed by atoms with E-state index in [0.29, 0.717) is 5.02 Å². The molecule has 126 valence electrons. The molecule has 0 aliphatic carbocycles. The zero-order valence-electron chi connectivity index (χ0n) is 12.7. The van der Waals surface area contributed by atoms with E-state index in [9.17, 15) is 19.7 Å². The number of pyridine rings is 1. The lowest BCUT2D eigenvalue weighted by molar-refractivity contribution is -0.385. The maximum absolute atomic E-state index is 12.4. The second kappa shape index (κ2) is 7.02. The Labute approximate surface area is 147 Å². The molecule has 0 saturated carbocycles. The second-order valence-electron chi connectivity index (χ2n) is 5.14. The Morgan fingerprint density at radius 2 is 2.00 bits per heavy atom. The van der Waals surface area contributed by atoms with Gasteiger partial charge in [0.1, 0.15) is 6.04 Å². The Bertz CT molecular complexity index is 880. The van der Waals surface area contributed by atoms with Crippen molar-refractivity contribution in [1.82, 2.24) is 4.57 Å². The van der Waals surface area contributed by atoms with E-state index in [2.05, 4.69) is 5.32 Å². The van der Waals surface area contributed by atoms with Crippen molar-refractivity contribution in [2.45, 2.75) is 19.9 Å². The van der Waals surface area contributed by atoms with Gasteiger partial charge in [0.25, 0.3) is 11.2 Å². The minimum absolute atomic E-state index is 0.171. The highest BCUT2D eigenvalue weighted by Crippen LogP contribution is 2.26. The fourth-order valence-electron chi connectivity index (χ4n) is 2.07. The van der Waals surface area contributed by atoms with Gasteiger partial charge in [0.05, 0.1) is 21.8 Å². The summed E-state index contributed by atoms with van der Waals surface area (Å²) in [7, 11) is 0. The van der Waals surface area contributed by atoms with Gasteiger partial charge in [-0.15, -0.1) is 0 Å². The standard InChI is InChI=1S/C15H13Cl2N3O4/c1-8-5-11(20(23)24)7-19(15(8)22)9(2)14(21)18-13-6-10(16)3-4-12(13)17/h3-7,9H,1-2H3,(H,18,21). The molecular formula is C15H13Cl2N3O4. The number of aromatic nitrogens is 1. The van der Waals surface area contributed by atoms with E-state index in [1.165, 1.54) is 26.0 Å². The Hall–Kier alpha value is -2.38. The summed E-state index contributed by atoms with van der Waals surface area (Å²) >= 11 is 11.8. The molecule has 9 heteroatoms. The number of amides is 1. The smallest absolute Gasteiger partial charge is 0.286 e. The summed E-state index contributed by atoms with van der Waals surface area (Å²) in [6.07, 6.45) is 1.04. The van der Waals surface area contributed by atoms with Gasteiger partial charge >= 0.3 is 0 Å². The predicted molar refractivity (Wildman–Crippen MR) is 91.9 cm³/mol. The number of hydrogen-bond acceptors (Lipinski definition) is 4. The Morgan fingerprint density at radius 1 is 1.33 bits per heavy atom. The molecule has 1 unspecified atom stereocenters. The fourth-order valence-corrected chi connectivity index (χ4v) is 2.41. The summed E-state index contributed by atoms with van der Waals surface area (Å²) < 4.78 is 1.02. The van der Waals surface area contributed by atoms with Gasteiger partial charge in [-0.25, -0.2) is 0 Å². The Morgan fingerprint density at radius 3 is 2.62 bits per heavy atom. The highest BCUT2D eigenvalue weighted by atomic mass is 35.5. The highest BCUT2D eigenvalue weighted by molar-refractivity contribution is 6.35. The number of anilines is 1. The van der Waals surface area contributed by atoms with Crippen LogP contribution in [0.1, 0.15) is 18.5 Å². The van der Waals surface area contributed by atoms with E-state index >= 15 is 0 Å². The van der Waals surface area contributed by atoms with Crippen molar-refractivity contribution in [3.63, 3.8) is 0 Å². The summed E-state index contributed by atoms with van der Waals surface area (Å²) in [6.45, 7) is 2.91. The highest BCUT2D eigenvalue weighted by Gasteiger charge is 2.21. The number of carbonyl (C=O) groups is 1. The largest absolute Gasteiger partial charge is 0.323 e. The molecule has 24 heavy (non-hydrogen) atoms. The minimum Gasteiger partial charge on any atom is -0.323 e. The number of carbonyl (C=O) groups excluding carboxylic acids is 1. The summed E-state index contributed by atoms with van der Waals surface area (Å²) in [5.41, 5.74) is -0.297. The summed E-state index contributed by atoms with van der Waals surface area (Å²) in [5.74, 6) is -0.554. The molecule has 7 nitrogen and oxygen atoms in total. The van der Waals surface area contributed by atoms with Crippen molar-refractivity contribution in [3.8, 4) is 0 Å². The van der Waals surface area contributed by atoms with E-state index < -0.39 is 22.4 Å². The molecule has 0 saturated heterocycles. The van der Waals surface area contributed by atoms with Crippen molar-refractivity contribution >= 4 is 40.5 Å². The Kier molecular flexibility index (Phi) is 5.26. The van der Waals surface area contributed by atoms with Gasteiger partial charge in [-0.05, 0) is 32.0 Å². The molecule has 0 radical (unpaired) electrons. The van der Waals surface area contributed by atoms with Crippen LogP contribution in [0.3, 0.4) is 0 Å². The molecule has 1 aromatic carbocycles. The maximum atomic E-state index is 12.4. The van der Waals surface area contributed by atoms with Crippen molar-refractivity contribution in [1.29, 1.82) is 0 Å². The third-order valence-electron chi connectivity index (χ3n) is 3.40. The zero-order valence-corrected chi connectivity index (χ0v) is 14.3. The molecule has 1 aromatic heterocycles. The molecular weight excluding hydrogens is 357 g/mol. The zero-order chi connectivity index (χ0) is 18.0. The molecule has 0 bridgehead atoms. The molecule has 1 amide bonds. The quantitative estimate of drug-likeness (QED) is 0.658. The normalized spacial score (nSPS) is 11.8. The fraction of sp³-hybridized carbons (Fsp3) is 0.200. The first-order valence-electron chi connectivity index (χ1n) is 6.84. The van der Waals surface area contributed by atoms with Crippen LogP contribution in [0.2, 0.25) is 10.0 Å². The van der Waals surface area contributed by atoms with Gasteiger partial charge in [0.2, 0.25) is 5.91 Å². The number of halogens is 2. The lowest BCUT2D eigenvalue weighted by Crippen LogP contribution is -2.32. The van der Waals surface area contributed by atoms with Crippen LogP contribution in [0.4, 0.5) is 11.4 Å². The van der Waals surface area contributed by atoms with Crippen LogP contribution in [0.5, 0.6) is 0 Å². The number of benzene rings is 1. The second-order valence-corrected chi connectivity index (χ2v) is 5.98. The van der Waals surface area contributed by atoms with E-state index in [0.717, 1.165) is 16.8 Å². The van der Waals surface area contributed by atoms with Gasteiger partial charge in [0, 0.05) is 16.7 Å². The van der Waals surface area contributed by atoms with Gasteiger partial charge in [-0.3, -0.25) is 24.3 Å². The molecule has 0 aliphatic heterocycles. The van der Waals surface area contributed by atoms with Gasteiger partial charge in [0.15, 0.2) is 0 Å². The number of nitro groups is 1. The predicted octanol–water partition coefficient (Wildman–Crippen LogP) is 3.57. The van der Waals surface area contributed by atoms with Crippen LogP contribution in [-0.4, -0.2) is 15.4 Å². The third-order valence-corrected chi connectivity index (χ3v) is 3.97. The van der Waals surface area contributed by atoms with Gasteiger partial charge in [-0.1, -0.05) is 23.2 Å². The Balaban J connectivity index is 2.36. The minimum atomic E-state index is -0.980. The number of nitrogens with one attached hydrogen (secondary N) is 1. The molecule has 1 atom stereocenters. The third kappa shape index (κ3) is 3.74. The first-order chi connectivity index (χ1) is 11.2. The first kappa shape index (κ1) is 18.0. The molecule has 0 spiro atoms. The maximum Gasteiger partial charge on any atom is 0.286 e. The molecule has 1 N–H and O–H groups in total. The monoisotopic (exact) mass is 369 g/mol. The summed E-state index contributed by atoms with van der Waals surface area (Å²) in [4.78, 5) is 34.9. The van der Waals surface area contributed by atoms with Crippen molar-refractivity contribution in [3.05, 3.63) is 66.5 Å². The van der Waals surface area contributed by atoms with E-state index in [1.807, 2.05) is 0 Å². The van der Waals surface area contributed by atoms with Gasteiger partial charge < -0.3 is 5.32 Å². The van der Waals surface area contributed by atoms with Crippen molar-refractivity contribution < 1.29 is 9.72 Å². The number of rotatable bonds is 4. The molecule has 0 fully saturated rings. The topological polar surface area (TPSA) is 94.2 Å². The van der Waals surface area contributed by atoms with Gasteiger partial charge in [-0.2, -0.15) is 0 Å². The van der Waals surface area contributed by atoms with Crippen molar-refractivity contribution in [2.24, 2.45) is 0 Å². The first-order valence-corrected chi connectivity index (χ1v) is 7.59. The molecule has 1 heterocycles. The number of aryl methyl sites for hydroxylation is 1. The van der Waals surface area contributed by atoms with Crippen LogP contribution in [0.25, 0.3) is 0 Å². The number of hydrogen-bond donors (Lipinski definition) is 1. The summed E-state index contributed by atoms with van der Waals surface area (Å²) in [5, 5.41) is 14.2. The van der Waals surface area contributed by atoms with Crippen molar-refractivity contribution in [2.75, 3.05) is 5.32 Å². The molecule has 0 aliphatic rings. The van der Waals surface area contributed by atoms with E-state index in [1.54, 1.807) is 6.07 Å². The van der Waals surface area contributed by atoms with Crippen LogP contribution in [-0.2, 0) is 4.79 Å². The lowest BCUT2D eigenvalue weighted by Gasteiger charge is -2.16. The molecule has 2 aromatic rings. The van der Waals surface area contributed by atoms with E-state index in [4.69, 9.17) is 23.2 Å². The molecule has 2 rings (SSSR count). The van der Waals surface area contributed by atoms with Crippen LogP contribution >= 0.6 is 23.2 Å². The van der Waals surface area contributed by atoms with Crippen LogP contribution in [0.15, 0.2) is 35.3 Å². The van der Waals surface area contributed by atoms with Crippen LogP contribution in [0, 0.1) is 17.0 Å². The average Bonchev–Trinajstić information content (AvgIpc) is 2.52. The van der Waals surface area contributed by atoms with Crippen LogP contribution < -0.4 is 10.9 Å².